The van der Waals surface area contributed by atoms with E-state index >= 15 is 0 Å². The molecule has 1 atom stereocenters. The Morgan fingerprint density at radius 2 is 1.56 bits per heavy atom. The molecule has 0 aliphatic rings. The van der Waals surface area contributed by atoms with Gasteiger partial charge in [0.2, 0.25) is 0 Å². The van der Waals surface area contributed by atoms with Gasteiger partial charge in [-0.05, 0) is 16.7 Å². The van der Waals surface area contributed by atoms with Crippen LogP contribution in [0.25, 0.3) is 11.1 Å². The van der Waals surface area contributed by atoms with Crippen LogP contribution in [0.4, 0.5) is 11.6 Å². The van der Waals surface area contributed by atoms with Gasteiger partial charge in [0.05, 0.1) is 6.10 Å². The second-order valence-corrected chi connectivity index (χ2v) is 6.01. The first-order valence-corrected chi connectivity index (χ1v) is 8.21. The molecule has 25 heavy (non-hydrogen) atoms. The molecule has 5 heteroatoms. The molecule has 3 aromatic rings. The fourth-order valence-electron chi connectivity index (χ4n) is 2.62. The van der Waals surface area contributed by atoms with E-state index in [4.69, 9.17) is 0 Å². The van der Waals surface area contributed by atoms with Gasteiger partial charge in [0.15, 0.2) is 11.6 Å². The molecule has 1 unspecified atom stereocenters. The minimum Gasteiger partial charge on any atom is -0.387 e. The normalized spacial score (nSPS) is 11.8. The smallest absolute Gasteiger partial charge is 0.171 e. The minimum atomic E-state index is -0.623. The average Bonchev–Trinajstić information content (AvgIpc) is 2.67. The summed E-state index contributed by atoms with van der Waals surface area (Å²) in [5, 5.41) is 13.6. The first kappa shape index (κ1) is 16.9. The summed E-state index contributed by atoms with van der Waals surface area (Å²) in [6.45, 7) is 0.365. The van der Waals surface area contributed by atoms with Gasteiger partial charge < -0.3 is 15.3 Å². The van der Waals surface area contributed by atoms with Gasteiger partial charge in [-0.15, -0.1) is 0 Å². The van der Waals surface area contributed by atoms with Crippen molar-refractivity contribution in [2.75, 3.05) is 30.9 Å². The van der Waals surface area contributed by atoms with E-state index < -0.39 is 6.10 Å². The van der Waals surface area contributed by atoms with Crippen molar-refractivity contribution < 1.29 is 5.11 Å². The number of rotatable bonds is 6. The lowest BCUT2D eigenvalue weighted by atomic mass is 10.0. The van der Waals surface area contributed by atoms with E-state index in [1.54, 1.807) is 12.4 Å². The number of aliphatic hydroxyl groups is 1. The molecule has 0 saturated carbocycles. The molecule has 0 saturated heterocycles. The van der Waals surface area contributed by atoms with Crippen molar-refractivity contribution in [3.05, 3.63) is 72.6 Å². The van der Waals surface area contributed by atoms with Crippen molar-refractivity contribution in [1.29, 1.82) is 0 Å². The van der Waals surface area contributed by atoms with Crippen LogP contribution in [0.15, 0.2) is 67.0 Å². The second kappa shape index (κ2) is 7.77. The maximum Gasteiger partial charge on any atom is 0.171 e. The van der Waals surface area contributed by atoms with Crippen LogP contribution in [0.3, 0.4) is 0 Å². The van der Waals surface area contributed by atoms with Crippen LogP contribution in [-0.4, -0.2) is 35.7 Å². The van der Waals surface area contributed by atoms with Gasteiger partial charge in [0.25, 0.3) is 0 Å². The van der Waals surface area contributed by atoms with Crippen molar-refractivity contribution in [2.45, 2.75) is 6.10 Å². The Labute approximate surface area is 148 Å². The quantitative estimate of drug-likeness (QED) is 0.724. The summed E-state index contributed by atoms with van der Waals surface area (Å²) in [6.07, 6.45) is 2.66. The van der Waals surface area contributed by atoms with E-state index in [2.05, 4.69) is 27.4 Å². The predicted octanol–water partition coefficient (Wildman–Crippen LogP) is 3.36. The van der Waals surface area contributed by atoms with Gasteiger partial charge in [0.1, 0.15) is 0 Å². The summed E-state index contributed by atoms with van der Waals surface area (Å²) in [7, 11) is 3.82. The Morgan fingerprint density at radius 3 is 2.24 bits per heavy atom. The van der Waals surface area contributed by atoms with Gasteiger partial charge in [-0.3, -0.25) is 0 Å². The summed E-state index contributed by atoms with van der Waals surface area (Å²) < 4.78 is 0. The zero-order valence-electron chi connectivity index (χ0n) is 14.4. The largest absolute Gasteiger partial charge is 0.387 e. The van der Waals surface area contributed by atoms with Crippen LogP contribution in [0.1, 0.15) is 11.7 Å². The van der Waals surface area contributed by atoms with E-state index in [9.17, 15) is 5.11 Å². The summed E-state index contributed by atoms with van der Waals surface area (Å²) in [6, 6.07) is 18.2. The lowest BCUT2D eigenvalue weighted by Crippen LogP contribution is -2.18. The number of nitrogens with zero attached hydrogens (tertiary/aromatic N) is 3. The fraction of sp³-hybridized carbons (Fsp3) is 0.200. The molecule has 2 N–H and O–H groups in total. The van der Waals surface area contributed by atoms with Crippen molar-refractivity contribution in [3.8, 4) is 11.1 Å². The molecule has 1 heterocycles. The third-order valence-electron chi connectivity index (χ3n) is 3.97. The van der Waals surface area contributed by atoms with Crippen LogP contribution >= 0.6 is 0 Å². The minimum absolute atomic E-state index is 0.365. The Bertz CT molecular complexity index is 803. The van der Waals surface area contributed by atoms with Gasteiger partial charge in [-0.25, -0.2) is 9.97 Å². The van der Waals surface area contributed by atoms with Crippen molar-refractivity contribution in [2.24, 2.45) is 0 Å². The van der Waals surface area contributed by atoms with Gasteiger partial charge >= 0.3 is 0 Å². The van der Waals surface area contributed by atoms with E-state index in [0.717, 1.165) is 22.5 Å². The monoisotopic (exact) mass is 334 g/mol. The topological polar surface area (TPSA) is 61.3 Å². The molecule has 0 amide bonds. The highest BCUT2D eigenvalue weighted by atomic mass is 16.3. The molecule has 0 bridgehead atoms. The number of anilines is 2. The van der Waals surface area contributed by atoms with Crippen molar-refractivity contribution in [3.63, 3.8) is 0 Å². The van der Waals surface area contributed by atoms with E-state index in [1.165, 1.54) is 0 Å². The highest BCUT2D eigenvalue weighted by Gasteiger charge is 2.11. The number of benzene rings is 2. The SMILES string of the molecule is CN(C)c1nccnc1NCC(O)c1ccc(-c2ccccc2)cc1. The molecule has 0 radical (unpaired) electrons. The second-order valence-electron chi connectivity index (χ2n) is 6.01. The molecule has 128 valence electrons. The lowest BCUT2D eigenvalue weighted by Gasteiger charge is -2.18. The molecule has 0 fully saturated rings. The Morgan fingerprint density at radius 1 is 0.920 bits per heavy atom. The Kier molecular flexibility index (Phi) is 5.26. The van der Waals surface area contributed by atoms with Crippen LogP contribution in [0.5, 0.6) is 0 Å². The van der Waals surface area contributed by atoms with Crippen LogP contribution in [-0.2, 0) is 0 Å². The first-order chi connectivity index (χ1) is 12.1. The summed E-state index contributed by atoms with van der Waals surface area (Å²) in [5.41, 5.74) is 3.16. The average molecular weight is 334 g/mol. The molecule has 0 aliphatic carbocycles. The summed E-state index contributed by atoms with van der Waals surface area (Å²) in [4.78, 5) is 10.5. The van der Waals surface area contributed by atoms with Crippen LogP contribution < -0.4 is 10.2 Å². The zero-order chi connectivity index (χ0) is 17.6. The molecular weight excluding hydrogens is 312 g/mol. The van der Waals surface area contributed by atoms with Gasteiger partial charge in [-0.1, -0.05) is 54.6 Å². The summed E-state index contributed by atoms with van der Waals surface area (Å²) in [5.74, 6) is 1.40. The van der Waals surface area contributed by atoms with Crippen molar-refractivity contribution in [1.82, 2.24) is 9.97 Å². The fourth-order valence-corrected chi connectivity index (χ4v) is 2.62. The first-order valence-electron chi connectivity index (χ1n) is 8.21. The zero-order valence-corrected chi connectivity index (χ0v) is 14.4. The van der Waals surface area contributed by atoms with E-state index in [1.807, 2.05) is 61.5 Å². The molecule has 5 nitrogen and oxygen atoms in total. The molecule has 3 rings (SSSR count). The van der Waals surface area contributed by atoms with E-state index in [-0.39, 0.29) is 0 Å². The highest BCUT2D eigenvalue weighted by molar-refractivity contribution is 5.63. The standard InChI is InChI=1S/C20H22N4O/c1-24(2)20-19(21-12-13-22-20)23-14-18(25)17-10-8-16(9-11-17)15-6-4-3-5-7-15/h3-13,18,25H,14H2,1-2H3,(H,21,23). The summed E-state index contributed by atoms with van der Waals surface area (Å²) >= 11 is 0. The van der Waals surface area contributed by atoms with E-state index in [0.29, 0.717) is 12.4 Å². The third kappa shape index (κ3) is 4.14. The Hall–Kier alpha value is -2.92. The van der Waals surface area contributed by atoms with Crippen molar-refractivity contribution >= 4 is 11.6 Å². The van der Waals surface area contributed by atoms with Crippen LogP contribution in [0, 0.1) is 0 Å². The number of aliphatic hydroxyl groups excluding tert-OH is 1. The number of hydrogen-bond acceptors (Lipinski definition) is 5. The van der Waals surface area contributed by atoms with Gasteiger partial charge in [-0.2, -0.15) is 0 Å². The number of hydrogen-bond donors (Lipinski definition) is 2. The maximum atomic E-state index is 10.4. The molecule has 0 spiro atoms. The Balaban J connectivity index is 1.67. The molecule has 0 aliphatic heterocycles. The third-order valence-corrected chi connectivity index (χ3v) is 3.97. The highest BCUT2D eigenvalue weighted by Crippen LogP contribution is 2.23. The lowest BCUT2D eigenvalue weighted by molar-refractivity contribution is 0.191. The predicted molar refractivity (Wildman–Crippen MR) is 102 cm³/mol. The maximum absolute atomic E-state index is 10.4. The molecular formula is C20H22N4O. The molecule has 1 aromatic heterocycles. The van der Waals surface area contributed by atoms with Crippen LogP contribution in [0.2, 0.25) is 0 Å². The van der Waals surface area contributed by atoms with Gasteiger partial charge in [0, 0.05) is 33.0 Å². The molecule has 2 aromatic carbocycles. The number of nitrogens with one attached hydrogen (secondary N) is 1. The number of aromatic nitrogens is 2.